The van der Waals surface area contributed by atoms with Crippen molar-refractivity contribution in [1.29, 1.82) is 0 Å². The van der Waals surface area contributed by atoms with Crippen molar-refractivity contribution in [1.82, 2.24) is 0 Å². The summed E-state index contributed by atoms with van der Waals surface area (Å²) in [5, 5.41) is 71.9. The van der Waals surface area contributed by atoms with Crippen LogP contribution < -0.4 is 0 Å². The van der Waals surface area contributed by atoms with Crippen LogP contribution >= 0.6 is 0 Å². The first-order valence-electron chi connectivity index (χ1n) is 23.6. The van der Waals surface area contributed by atoms with Crippen LogP contribution in [-0.2, 0) is 33.2 Å². The number of rotatable bonds is 37. The van der Waals surface area contributed by atoms with E-state index in [-0.39, 0.29) is 25.6 Å². The van der Waals surface area contributed by atoms with Crippen molar-refractivity contribution >= 4 is 5.97 Å². The van der Waals surface area contributed by atoms with Gasteiger partial charge in [-0.2, -0.15) is 0 Å². The van der Waals surface area contributed by atoms with E-state index in [0.29, 0.717) is 13.0 Å². The highest BCUT2D eigenvalue weighted by Crippen LogP contribution is 2.26. The van der Waals surface area contributed by atoms with Crippen LogP contribution in [0.2, 0.25) is 0 Å². The van der Waals surface area contributed by atoms with Crippen molar-refractivity contribution in [3.05, 3.63) is 0 Å². The first-order chi connectivity index (χ1) is 28.6. The minimum Gasteiger partial charge on any atom is -0.457 e. The van der Waals surface area contributed by atoms with Gasteiger partial charge in [0.15, 0.2) is 12.6 Å². The summed E-state index contributed by atoms with van der Waals surface area (Å²) in [4.78, 5) is 12.9. The summed E-state index contributed by atoms with van der Waals surface area (Å²) in [6.45, 7) is 3.69. The number of ether oxygens (including phenoxy) is 6. The SMILES string of the molecule is CCCCCCCCCCCCCCCCCOCC(COC1OC(COC2OC(CO)C(O)C(O)C2O)C(O)C(O)C1O)OC(=O)CCCCCCCCCCCC. The summed E-state index contributed by atoms with van der Waals surface area (Å²) in [5.41, 5.74) is 0. The number of unbranched alkanes of at least 4 members (excludes halogenated alkanes) is 23. The molecule has 0 aromatic carbocycles. The molecule has 0 aliphatic carbocycles. The molecule has 2 saturated heterocycles. The molecule has 0 saturated carbocycles. The molecule has 2 aliphatic rings. The number of hydrogen-bond acceptors (Lipinski definition) is 14. The molecule has 0 spiro atoms. The highest BCUT2D eigenvalue weighted by Gasteiger charge is 2.47. The van der Waals surface area contributed by atoms with Gasteiger partial charge in [-0.05, 0) is 12.8 Å². The molecule has 0 bridgehead atoms. The van der Waals surface area contributed by atoms with Crippen molar-refractivity contribution in [2.45, 2.75) is 248 Å². The average molecular weight is 851 g/mol. The largest absolute Gasteiger partial charge is 0.457 e. The third-order valence-corrected chi connectivity index (χ3v) is 11.6. The zero-order valence-electron chi connectivity index (χ0n) is 36.8. The molecule has 59 heavy (non-hydrogen) atoms. The smallest absolute Gasteiger partial charge is 0.306 e. The highest BCUT2D eigenvalue weighted by atomic mass is 16.7. The fourth-order valence-corrected chi connectivity index (χ4v) is 7.70. The molecule has 7 N–H and O–H groups in total. The fourth-order valence-electron chi connectivity index (χ4n) is 7.70. The molecule has 2 heterocycles. The van der Waals surface area contributed by atoms with Gasteiger partial charge in [-0.3, -0.25) is 4.79 Å². The first-order valence-corrected chi connectivity index (χ1v) is 23.6. The standard InChI is InChI=1S/C45H86O14/c1-3-5-7-9-11-13-15-16-17-18-19-21-23-25-27-29-54-31-34(57-37(47)28-26-24-22-20-14-12-10-8-6-4-2)32-55-44-43(53)41(51)39(49)36(59-44)33-56-45-42(52)40(50)38(48)35(30-46)58-45/h34-36,38-46,48-53H,3-33H2,1-2H3. The summed E-state index contributed by atoms with van der Waals surface area (Å²) in [6.07, 6.45) is 14.6. The fraction of sp³-hybridized carbons (Fsp3) is 0.978. The van der Waals surface area contributed by atoms with E-state index in [1.807, 2.05) is 0 Å². The Morgan fingerprint density at radius 3 is 1.37 bits per heavy atom. The molecule has 14 nitrogen and oxygen atoms in total. The van der Waals surface area contributed by atoms with Crippen LogP contribution in [0.15, 0.2) is 0 Å². The van der Waals surface area contributed by atoms with Crippen LogP contribution in [0.3, 0.4) is 0 Å². The van der Waals surface area contributed by atoms with Gasteiger partial charge in [-0.15, -0.1) is 0 Å². The van der Waals surface area contributed by atoms with E-state index in [1.165, 1.54) is 116 Å². The molecule has 2 rings (SSSR count). The average Bonchev–Trinajstić information content (AvgIpc) is 3.23. The predicted molar refractivity (Wildman–Crippen MR) is 224 cm³/mol. The van der Waals surface area contributed by atoms with E-state index in [9.17, 15) is 40.5 Å². The second-order valence-corrected chi connectivity index (χ2v) is 16.9. The van der Waals surface area contributed by atoms with Crippen LogP contribution in [0.1, 0.15) is 181 Å². The number of esters is 1. The second-order valence-electron chi connectivity index (χ2n) is 16.9. The molecule has 2 aliphatic heterocycles. The Hall–Kier alpha value is -1.01. The topological polar surface area (TPSA) is 214 Å². The van der Waals surface area contributed by atoms with Gasteiger partial charge in [0.05, 0.1) is 26.4 Å². The van der Waals surface area contributed by atoms with E-state index in [0.717, 1.165) is 38.5 Å². The third-order valence-electron chi connectivity index (χ3n) is 11.6. The molecular weight excluding hydrogens is 764 g/mol. The maximum atomic E-state index is 12.9. The summed E-state index contributed by atoms with van der Waals surface area (Å²) >= 11 is 0. The Balaban J connectivity index is 1.79. The zero-order chi connectivity index (χ0) is 43.1. The normalized spacial score (nSPS) is 27.9. The lowest BCUT2D eigenvalue weighted by Gasteiger charge is -2.42. The Labute approximate surface area is 355 Å². The first kappa shape index (κ1) is 54.1. The summed E-state index contributed by atoms with van der Waals surface area (Å²) < 4.78 is 34.2. The van der Waals surface area contributed by atoms with Gasteiger partial charge in [0.25, 0.3) is 0 Å². The minimum absolute atomic E-state index is 0.0695. The van der Waals surface area contributed by atoms with Gasteiger partial charge >= 0.3 is 5.97 Å². The summed E-state index contributed by atoms with van der Waals surface area (Å²) in [6, 6.07) is 0. The second kappa shape index (κ2) is 34.5. The lowest BCUT2D eigenvalue weighted by atomic mass is 9.98. The third kappa shape index (κ3) is 23.3. The van der Waals surface area contributed by atoms with E-state index < -0.39 is 80.7 Å². The van der Waals surface area contributed by atoms with E-state index >= 15 is 0 Å². The maximum absolute atomic E-state index is 12.9. The van der Waals surface area contributed by atoms with E-state index in [4.69, 9.17) is 28.4 Å². The van der Waals surface area contributed by atoms with Gasteiger partial charge < -0.3 is 64.2 Å². The van der Waals surface area contributed by atoms with Crippen molar-refractivity contribution in [3.8, 4) is 0 Å². The number of aliphatic hydroxyl groups is 7. The maximum Gasteiger partial charge on any atom is 0.306 e. The Bertz CT molecular complexity index is 990. The van der Waals surface area contributed by atoms with Crippen molar-refractivity contribution in [3.63, 3.8) is 0 Å². The molecule has 0 aromatic heterocycles. The van der Waals surface area contributed by atoms with Crippen molar-refractivity contribution in [2.75, 3.05) is 33.0 Å². The summed E-state index contributed by atoms with van der Waals surface area (Å²) in [7, 11) is 0. The lowest BCUT2D eigenvalue weighted by Crippen LogP contribution is -2.61. The molecule has 2 fully saturated rings. The highest BCUT2D eigenvalue weighted by molar-refractivity contribution is 5.69. The molecule has 11 atom stereocenters. The van der Waals surface area contributed by atoms with Gasteiger partial charge in [-0.1, -0.05) is 162 Å². The van der Waals surface area contributed by atoms with Gasteiger partial charge in [0.1, 0.15) is 54.9 Å². The molecule has 350 valence electrons. The zero-order valence-corrected chi connectivity index (χ0v) is 36.8. The Morgan fingerprint density at radius 1 is 0.492 bits per heavy atom. The molecule has 0 aromatic rings. The van der Waals surface area contributed by atoms with Crippen molar-refractivity contribution < 1.29 is 69.0 Å². The predicted octanol–water partition coefficient (Wildman–Crippen LogP) is 5.74. The van der Waals surface area contributed by atoms with E-state index in [2.05, 4.69) is 13.8 Å². The van der Waals surface area contributed by atoms with Crippen LogP contribution in [-0.4, -0.2) is 142 Å². The molecule has 0 amide bonds. The number of carbonyl (C=O) groups excluding carboxylic acids is 1. The lowest BCUT2D eigenvalue weighted by molar-refractivity contribution is -0.332. The molecular formula is C45H86O14. The van der Waals surface area contributed by atoms with Gasteiger partial charge in [0.2, 0.25) is 0 Å². The van der Waals surface area contributed by atoms with Gasteiger partial charge in [0, 0.05) is 13.0 Å². The Morgan fingerprint density at radius 2 is 0.898 bits per heavy atom. The van der Waals surface area contributed by atoms with E-state index in [1.54, 1.807) is 0 Å². The van der Waals surface area contributed by atoms with Crippen LogP contribution in [0, 0.1) is 0 Å². The number of hydrogen-bond donors (Lipinski definition) is 7. The monoisotopic (exact) mass is 851 g/mol. The Kier molecular flexibility index (Phi) is 31.6. The van der Waals surface area contributed by atoms with Crippen molar-refractivity contribution in [2.24, 2.45) is 0 Å². The minimum atomic E-state index is -1.70. The summed E-state index contributed by atoms with van der Waals surface area (Å²) in [5.74, 6) is -0.375. The quantitative estimate of drug-likeness (QED) is 0.0294. The van der Waals surface area contributed by atoms with Crippen LogP contribution in [0.4, 0.5) is 0 Å². The number of carbonyl (C=O) groups is 1. The number of aliphatic hydroxyl groups excluding tert-OH is 7. The van der Waals surface area contributed by atoms with Crippen LogP contribution in [0.25, 0.3) is 0 Å². The molecule has 11 unspecified atom stereocenters. The van der Waals surface area contributed by atoms with Crippen LogP contribution in [0.5, 0.6) is 0 Å². The molecule has 14 heteroatoms. The van der Waals surface area contributed by atoms with Gasteiger partial charge in [-0.25, -0.2) is 0 Å². The molecule has 0 radical (unpaired) electrons.